The lowest BCUT2D eigenvalue weighted by Gasteiger charge is -2.09. The van der Waals surface area contributed by atoms with Crippen molar-refractivity contribution in [3.63, 3.8) is 0 Å². The van der Waals surface area contributed by atoms with E-state index < -0.39 is 0 Å². The topological polar surface area (TPSA) is 74.9 Å². The van der Waals surface area contributed by atoms with Crippen LogP contribution in [-0.2, 0) is 9.47 Å². The molecule has 2 atom stereocenters. The molecular weight excluding hydrogens is 386 g/mol. The molecule has 0 aliphatic carbocycles. The summed E-state index contributed by atoms with van der Waals surface area (Å²) in [4.78, 5) is 4.30. The molecule has 7 heteroatoms. The maximum atomic E-state index is 5.82. The SMILES string of the molecule is c1cc(Oc2ccc(Oc3ccc(OCC4CO4)cc3)nc2)ccc1OCC1CO1. The summed E-state index contributed by atoms with van der Waals surface area (Å²) >= 11 is 0. The minimum Gasteiger partial charge on any atom is -0.491 e. The highest BCUT2D eigenvalue weighted by molar-refractivity contribution is 5.37. The number of aromatic nitrogens is 1. The molecule has 0 radical (unpaired) electrons. The van der Waals surface area contributed by atoms with E-state index in [2.05, 4.69) is 4.98 Å². The molecule has 2 aromatic carbocycles. The zero-order valence-electron chi connectivity index (χ0n) is 16.2. The zero-order valence-corrected chi connectivity index (χ0v) is 16.2. The minimum absolute atomic E-state index is 0.236. The average molecular weight is 407 g/mol. The van der Waals surface area contributed by atoms with E-state index in [1.165, 1.54) is 0 Å². The third-order valence-electron chi connectivity index (χ3n) is 4.49. The Kier molecular flexibility index (Phi) is 5.37. The highest BCUT2D eigenvalue weighted by Crippen LogP contribution is 2.27. The van der Waals surface area contributed by atoms with Crippen molar-refractivity contribution < 1.29 is 28.4 Å². The second-order valence-electron chi connectivity index (χ2n) is 7.01. The Morgan fingerprint density at radius 2 is 1.10 bits per heavy atom. The van der Waals surface area contributed by atoms with Gasteiger partial charge in [-0.2, -0.15) is 0 Å². The van der Waals surface area contributed by atoms with Gasteiger partial charge in [0.1, 0.15) is 54.2 Å². The van der Waals surface area contributed by atoms with Gasteiger partial charge in [-0.25, -0.2) is 4.98 Å². The van der Waals surface area contributed by atoms with Crippen LogP contribution in [0.3, 0.4) is 0 Å². The molecule has 0 amide bonds. The molecule has 7 nitrogen and oxygen atoms in total. The van der Waals surface area contributed by atoms with Crippen LogP contribution in [0.1, 0.15) is 0 Å². The van der Waals surface area contributed by atoms with E-state index in [1.807, 2.05) is 54.6 Å². The van der Waals surface area contributed by atoms with Gasteiger partial charge < -0.3 is 28.4 Å². The number of rotatable bonds is 10. The molecule has 3 aromatic rings. The van der Waals surface area contributed by atoms with Gasteiger partial charge in [-0.3, -0.25) is 0 Å². The lowest BCUT2D eigenvalue weighted by Crippen LogP contribution is -2.03. The Bertz CT molecular complexity index is 870. The van der Waals surface area contributed by atoms with Crippen molar-refractivity contribution in [3.05, 3.63) is 66.9 Å². The normalized spacial score (nSPS) is 19.1. The monoisotopic (exact) mass is 407 g/mol. The smallest absolute Gasteiger partial charge is 0.219 e. The predicted molar refractivity (Wildman–Crippen MR) is 108 cm³/mol. The maximum Gasteiger partial charge on any atom is 0.219 e. The molecular formula is C23H21NO6. The van der Waals surface area contributed by atoms with Crippen molar-refractivity contribution in [2.45, 2.75) is 12.2 Å². The third-order valence-corrected chi connectivity index (χ3v) is 4.49. The van der Waals surface area contributed by atoms with Crippen molar-refractivity contribution in [3.8, 4) is 34.6 Å². The molecule has 5 rings (SSSR count). The van der Waals surface area contributed by atoms with Crippen LogP contribution in [0, 0.1) is 0 Å². The van der Waals surface area contributed by atoms with E-state index in [0.29, 0.717) is 36.3 Å². The molecule has 1 aromatic heterocycles. The summed E-state index contributed by atoms with van der Waals surface area (Å²) in [7, 11) is 0. The van der Waals surface area contributed by atoms with Gasteiger partial charge in [0.2, 0.25) is 5.88 Å². The first-order chi connectivity index (χ1) is 14.8. The number of nitrogens with zero attached hydrogens (tertiary/aromatic N) is 1. The van der Waals surface area contributed by atoms with E-state index in [0.717, 1.165) is 24.7 Å². The second-order valence-corrected chi connectivity index (χ2v) is 7.01. The van der Waals surface area contributed by atoms with Crippen LogP contribution in [0.4, 0.5) is 0 Å². The highest BCUT2D eigenvalue weighted by Gasteiger charge is 2.23. The average Bonchev–Trinajstić information content (AvgIpc) is 3.69. The number of pyridine rings is 1. The summed E-state index contributed by atoms with van der Waals surface area (Å²) in [6.45, 7) is 2.72. The Balaban J connectivity index is 1.12. The second kappa shape index (κ2) is 8.61. The fourth-order valence-corrected chi connectivity index (χ4v) is 2.66. The minimum atomic E-state index is 0.236. The van der Waals surface area contributed by atoms with Crippen LogP contribution < -0.4 is 18.9 Å². The predicted octanol–water partition coefficient (Wildman–Crippen LogP) is 4.22. The first kappa shape index (κ1) is 18.7. The van der Waals surface area contributed by atoms with Crippen LogP contribution in [-0.4, -0.2) is 43.6 Å². The van der Waals surface area contributed by atoms with Crippen LogP contribution in [0.2, 0.25) is 0 Å². The van der Waals surface area contributed by atoms with Gasteiger partial charge in [0, 0.05) is 6.07 Å². The van der Waals surface area contributed by atoms with Gasteiger partial charge in [0.25, 0.3) is 0 Å². The van der Waals surface area contributed by atoms with Crippen LogP contribution in [0.5, 0.6) is 34.6 Å². The molecule has 154 valence electrons. The van der Waals surface area contributed by atoms with Gasteiger partial charge in [0.05, 0.1) is 19.4 Å². The molecule has 2 fully saturated rings. The molecule has 2 aliphatic rings. The molecule has 0 spiro atoms. The largest absolute Gasteiger partial charge is 0.491 e. The van der Waals surface area contributed by atoms with E-state index >= 15 is 0 Å². The van der Waals surface area contributed by atoms with Gasteiger partial charge in [-0.1, -0.05) is 0 Å². The quantitative estimate of drug-likeness (QED) is 0.466. The van der Waals surface area contributed by atoms with Crippen molar-refractivity contribution >= 4 is 0 Å². The lowest BCUT2D eigenvalue weighted by molar-refractivity contribution is 0.263. The van der Waals surface area contributed by atoms with Gasteiger partial charge >= 0.3 is 0 Å². The summed E-state index contributed by atoms with van der Waals surface area (Å²) in [5, 5.41) is 0. The molecule has 0 N–H and O–H groups in total. The fraction of sp³-hybridized carbons (Fsp3) is 0.261. The zero-order chi connectivity index (χ0) is 20.2. The van der Waals surface area contributed by atoms with Crippen molar-refractivity contribution in [1.29, 1.82) is 0 Å². The Labute approximate surface area is 174 Å². The highest BCUT2D eigenvalue weighted by atomic mass is 16.6. The fourth-order valence-electron chi connectivity index (χ4n) is 2.66. The van der Waals surface area contributed by atoms with Gasteiger partial charge in [0.15, 0.2) is 0 Å². The number of hydrogen-bond acceptors (Lipinski definition) is 7. The van der Waals surface area contributed by atoms with Crippen LogP contribution >= 0.6 is 0 Å². The summed E-state index contributed by atoms with van der Waals surface area (Å²) in [5.74, 6) is 4.05. The first-order valence-corrected chi connectivity index (χ1v) is 9.81. The maximum absolute atomic E-state index is 5.82. The van der Waals surface area contributed by atoms with Gasteiger partial charge in [-0.15, -0.1) is 0 Å². The molecule has 0 saturated carbocycles. The van der Waals surface area contributed by atoms with Gasteiger partial charge in [-0.05, 0) is 54.6 Å². The van der Waals surface area contributed by atoms with Crippen molar-refractivity contribution in [1.82, 2.24) is 4.98 Å². The molecule has 0 bridgehead atoms. The third kappa shape index (κ3) is 5.40. The van der Waals surface area contributed by atoms with E-state index in [4.69, 9.17) is 28.4 Å². The standard InChI is InChI=1S/C23H21NO6/c1-5-18(6-2-16(1)25-12-21-14-27-21)29-20-9-10-23(24-11-20)30-19-7-3-17(4-8-19)26-13-22-15-28-22/h1-11,21-22H,12-15H2. The Hall–Kier alpha value is -3.29. The molecule has 2 unspecified atom stereocenters. The molecule has 2 aliphatic heterocycles. The van der Waals surface area contributed by atoms with E-state index in [-0.39, 0.29) is 12.2 Å². The lowest BCUT2D eigenvalue weighted by atomic mass is 10.3. The molecule has 3 heterocycles. The summed E-state index contributed by atoms with van der Waals surface area (Å²) in [6.07, 6.45) is 2.10. The van der Waals surface area contributed by atoms with Crippen LogP contribution in [0.15, 0.2) is 66.9 Å². The Morgan fingerprint density at radius 1 is 0.633 bits per heavy atom. The first-order valence-electron chi connectivity index (χ1n) is 9.81. The molecule has 2 saturated heterocycles. The number of ether oxygens (including phenoxy) is 6. The Morgan fingerprint density at radius 3 is 1.57 bits per heavy atom. The van der Waals surface area contributed by atoms with Crippen molar-refractivity contribution in [2.75, 3.05) is 26.4 Å². The van der Waals surface area contributed by atoms with Crippen molar-refractivity contribution in [2.24, 2.45) is 0 Å². The summed E-state index contributed by atoms with van der Waals surface area (Å²) in [6, 6.07) is 18.4. The summed E-state index contributed by atoms with van der Waals surface area (Å²) in [5.41, 5.74) is 0. The van der Waals surface area contributed by atoms with E-state index in [9.17, 15) is 0 Å². The molecule has 30 heavy (non-hydrogen) atoms. The number of epoxide rings is 2. The number of benzene rings is 2. The summed E-state index contributed by atoms with van der Waals surface area (Å²) < 4.78 is 33.1. The van der Waals surface area contributed by atoms with Crippen LogP contribution in [0.25, 0.3) is 0 Å². The van der Waals surface area contributed by atoms with E-state index in [1.54, 1.807) is 12.3 Å². The number of hydrogen-bond donors (Lipinski definition) is 0.